The van der Waals surface area contributed by atoms with Gasteiger partial charge in [0.25, 0.3) is 0 Å². The van der Waals surface area contributed by atoms with Gasteiger partial charge in [-0.1, -0.05) is 12.0 Å². The van der Waals surface area contributed by atoms with Crippen molar-refractivity contribution in [3.8, 4) is 18.1 Å². The molecule has 0 radical (unpaired) electrons. The van der Waals surface area contributed by atoms with Gasteiger partial charge in [0.1, 0.15) is 5.75 Å². The fourth-order valence-electron chi connectivity index (χ4n) is 4.53. The van der Waals surface area contributed by atoms with E-state index in [1.54, 1.807) is 26.0 Å². The number of aromatic nitrogens is 1. The van der Waals surface area contributed by atoms with Crippen molar-refractivity contribution in [2.75, 3.05) is 6.54 Å². The van der Waals surface area contributed by atoms with Crippen LogP contribution in [-0.4, -0.2) is 47.6 Å². The lowest BCUT2D eigenvalue weighted by Gasteiger charge is -2.22. The van der Waals surface area contributed by atoms with Gasteiger partial charge in [-0.25, -0.2) is 8.42 Å². The molecule has 0 bridgehead atoms. The Labute approximate surface area is 197 Å². The average molecular weight is 493 g/mol. The highest BCUT2D eigenvalue weighted by Gasteiger charge is 2.40. The highest BCUT2D eigenvalue weighted by atomic mass is 32.2. The summed E-state index contributed by atoms with van der Waals surface area (Å²) in [5.74, 6) is 1.46. The SMILES string of the molecule is C#Cc1c(CC(=O)O)c(C)n([C@@H]2C[C@H](C)N(S(=O)(=O)c3ccc(OC(F)F)cc3)C2)c1/C=C\C. The third-order valence-corrected chi connectivity index (χ3v) is 7.92. The molecule has 2 aromatic rings. The van der Waals surface area contributed by atoms with Crippen molar-refractivity contribution in [3.05, 3.63) is 52.9 Å². The maximum atomic E-state index is 13.3. The molecular weight excluding hydrogens is 466 g/mol. The van der Waals surface area contributed by atoms with Gasteiger partial charge in [-0.05, 0) is 57.5 Å². The molecule has 1 aromatic carbocycles. The molecule has 2 heterocycles. The Morgan fingerprint density at radius 1 is 1.35 bits per heavy atom. The molecule has 1 N–H and O–H groups in total. The second-order valence-electron chi connectivity index (χ2n) is 8.07. The first-order valence-electron chi connectivity index (χ1n) is 10.6. The molecule has 0 spiro atoms. The van der Waals surface area contributed by atoms with Gasteiger partial charge in [0.15, 0.2) is 0 Å². The number of halogens is 2. The summed E-state index contributed by atoms with van der Waals surface area (Å²) >= 11 is 0. The van der Waals surface area contributed by atoms with Crippen LogP contribution in [0.4, 0.5) is 8.78 Å². The van der Waals surface area contributed by atoms with E-state index in [1.165, 1.54) is 28.6 Å². The molecule has 10 heteroatoms. The number of rotatable bonds is 8. The molecule has 0 saturated carbocycles. The molecular formula is C24H26F2N2O5S. The summed E-state index contributed by atoms with van der Waals surface area (Å²) in [5.41, 5.74) is 2.38. The lowest BCUT2D eigenvalue weighted by molar-refractivity contribution is -0.136. The number of carbonyl (C=O) groups is 1. The number of carboxylic acids is 1. The van der Waals surface area contributed by atoms with E-state index >= 15 is 0 Å². The Kier molecular flexibility index (Phi) is 7.48. The number of sulfonamides is 1. The Balaban J connectivity index is 1.98. The van der Waals surface area contributed by atoms with Crippen molar-refractivity contribution >= 4 is 22.1 Å². The van der Waals surface area contributed by atoms with E-state index < -0.39 is 22.6 Å². The number of terminal acetylenes is 1. The number of benzene rings is 1. The number of hydrogen-bond acceptors (Lipinski definition) is 4. The number of allylic oxidation sites excluding steroid dienone is 1. The summed E-state index contributed by atoms with van der Waals surface area (Å²) in [4.78, 5) is 11.4. The molecule has 3 rings (SSSR count). The van der Waals surface area contributed by atoms with Gasteiger partial charge < -0.3 is 14.4 Å². The minimum absolute atomic E-state index is 0.0320. The smallest absolute Gasteiger partial charge is 0.387 e. The van der Waals surface area contributed by atoms with Crippen LogP contribution in [0.1, 0.15) is 48.8 Å². The highest BCUT2D eigenvalue weighted by molar-refractivity contribution is 7.89. The van der Waals surface area contributed by atoms with Crippen molar-refractivity contribution in [1.29, 1.82) is 0 Å². The first-order valence-corrected chi connectivity index (χ1v) is 12.1. The van der Waals surface area contributed by atoms with Gasteiger partial charge in [-0.2, -0.15) is 13.1 Å². The fraction of sp³-hybridized carbons (Fsp3) is 0.375. The van der Waals surface area contributed by atoms with Crippen LogP contribution in [0, 0.1) is 19.3 Å². The maximum Gasteiger partial charge on any atom is 0.387 e. The Hall–Kier alpha value is -3.16. The van der Waals surface area contributed by atoms with Crippen LogP contribution >= 0.6 is 0 Å². The van der Waals surface area contributed by atoms with E-state index in [9.17, 15) is 27.1 Å². The summed E-state index contributed by atoms with van der Waals surface area (Å²) in [6.07, 6.45) is 9.58. The number of ether oxygens (including phenoxy) is 1. The molecule has 1 aromatic heterocycles. The molecule has 182 valence electrons. The number of hydrogen-bond donors (Lipinski definition) is 1. The summed E-state index contributed by atoms with van der Waals surface area (Å²) < 4.78 is 59.1. The summed E-state index contributed by atoms with van der Waals surface area (Å²) in [6.45, 7) is 2.54. The molecule has 1 aliphatic rings. The molecule has 1 fully saturated rings. The molecule has 0 aliphatic carbocycles. The van der Waals surface area contributed by atoms with E-state index in [1.807, 2.05) is 11.5 Å². The quantitative estimate of drug-likeness (QED) is 0.562. The van der Waals surface area contributed by atoms with E-state index in [2.05, 4.69) is 10.7 Å². The molecule has 1 saturated heterocycles. The summed E-state index contributed by atoms with van der Waals surface area (Å²) in [7, 11) is -3.92. The van der Waals surface area contributed by atoms with Gasteiger partial charge in [-0.15, -0.1) is 6.42 Å². The lowest BCUT2D eigenvalue weighted by atomic mass is 10.1. The van der Waals surface area contributed by atoms with Crippen molar-refractivity contribution in [3.63, 3.8) is 0 Å². The zero-order valence-electron chi connectivity index (χ0n) is 19.0. The first-order chi connectivity index (χ1) is 16.0. The first kappa shape index (κ1) is 25.5. The van der Waals surface area contributed by atoms with E-state index in [-0.39, 0.29) is 35.7 Å². The summed E-state index contributed by atoms with van der Waals surface area (Å²) in [5, 5.41) is 9.36. The van der Waals surface area contributed by atoms with Crippen LogP contribution in [0.5, 0.6) is 5.75 Å². The van der Waals surface area contributed by atoms with Crippen molar-refractivity contribution in [1.82, 2.24) is 8.87 Å². The van der Waals surface area contributed by atoms with Crippen molar-refractivity contribution < 1.29 is 31.8 Å². The van der Waals surface area contributed by atoms with Crippen molar-refractivity contribution in [2.24, 2.45) is 0 Å². The van der Waals surface area contributed by atoms with Gasteiger partial charge in [0.2, 0.25) is 10.0 Å². The van der Waals surface area contributed by atoms with E-state index in [0.717, 1.165) is 0 Å². The topological polar surface area (TPSA) is 88.8 Å². The van der Waals surface area contributed by atoms with Crippen LogP contribution in [0.3, 0.4) is 0 Å². The van der Waals surface area contributed by atoms with E-state index in [4.69, 9.17) is 6.42 Å². The zero-order valence-corrected chi connectivity index (χ0v) is 19.9. The second kappa shape index (κ2) is 9.99. The van der Waals surface area contributed by atoms with Crippen LogP contribution in [-0.2, 0) is 21.2 Å². The second-order valence-corrected chi connectivity index (χ2v) is 9.96. The zero-order chi connectivity index (χ0) is 25.2. The largest absolute Gasteiger partial charge is 0.481 e. The number of aliphatic carboxylic acids is 1. The average Bonchev–Trinajstić information content (AvgIpc) is 3.26. The number of alkyl halides is 2. The highest BCUT2D eigenvalue weighted by Crippen LogP contribution is 2.37. The monoisotopic (exact) mass is 492 g/mol. The third-order valence-electron chi connectivity index (χ3n) is 5.93. The predicted molar refractivity (Wildman–Crippen MR) is 123 cm³/mol. The van der Waals surface area contributed by atoms with Gasteiger partial charge in [-0.3, -0.25) is 4.79 Å². The molecule has 34 heavy (non-hydrogen) atoms. The number of carboxylic acid groups (broad SMARTS) is 1. The van der Waals surface area contributed by atoms with Crippen LogP contribution in [0.15, 0.2) is 35.2 Å². The molecule has 7 nitrogen and oxygen atoms in total. The van der Waals surface area contributed by atoms with Crippen LogP contribution in [0.2, 0.25) is 0 Å². The molecule has 1 aliphatic heterocycles. The summed E-state index contributed by atoms with van der Waals surface area (Å²) in [6, 6.07) is 4.22. The number of nitrogens with zero attached hydrogens (tertiary/aromatic N) is 2. The predicted octanol–water partition coefficient (Wildman–Crippen LogP) is 4.06. The lowest BCUT2D eigenvalue weighted by Crippen LogP contribution is -2.34. The van der Waals surface area contributed by atoms with Gasteiger partial charge >= 0.3 is 12.6 Å². The van der Waals surface area contributed by atoms with Crippen molar-refractivity contribution in [2.45, 2.75) is 57.2 Å². The van der Waals surface area contributed by atoms with Crippen LogP contribution in [0.25, 0.3) is 6.08 Å². The Morgan fingerprint density at radius 3 is 2.53 bits per heavy atom. The Morgan fingerprint density at radius 2 is 2.00 bits per heavy atom. The van der Waals surface area contributed by atoms with Crippen LogP contribution < -0.4 is 4.74 Å². The van der Waals surface area contributed by atoms with Gasteiger partial charge in [0, 0.05) is 29.9 Å². The molecule has 0 amide bonds. The minimum Gasteiger partial charge on any atom is -0.481 e. The Bertz CT molecular complexity index is 1240. The minimum atomic E-state index is -3.92. The molecule has 2 atom stereocenters. The maximum absolute atomic E-state index is 13.3. The van der Waals surface area contributed by atoms with E-state index in [0.29, 0.717) is 28.9 Å². The standard InChI is InChI=1S/C24H26F2N2O5S/c1-5-7-22-20(6-2)21(13-23(29)30)16(4)28(22)17-12-15(3)27(14-17)34(31,32)19-10-8-18(9-11-19)33-24(25)26/h2,5,7-11,15,17,24H,12-14H2,1,3-4H3,(H,29,30)/b7-5-/t15-,17+/m0/s1. The molecule has 0 unspecified atom stereocenters. The van der Waals surface area contributed by atoms with Gasteiger partial charge in [0.05, 0.1) is 22.6 Å². The fourth-order valence-corrected chi connectivity index (χ4v) is 6.21. The third kappa shape index (κ3) is 4.86. The normalized spacial score (nSPS) is 19.1.